The lowest BCUT2D eigenvalue weighted by Gasteiger charge is -2.39. The number of ketones is 1. The third-order valence-corrected chi connectivity index (χ3v) is 5.11. The molecule has 0 saturated heterocycles. The molecule has 0 spiro atoms. The van der Waals surface area contributed by atoms with Crippen LogP contribution in [0.25, 0.3) is 10.8 Å². The summed E-state index contributed by atoms with van der Waals surface area (Å²) in [7, 11) is 0. The van der Waals surface area contributed by atoms with E-state index in [9.17, 15) is 4.79 Å². The van der Waals surface area contributed by atoms with Gasteiger partial charge in [-0.2, -0.15) is 0 Å². The molecule has 0 atom stereocenters. The third kappa shape index (κ3) is 2.11. The first-order valence-electron chi connectivity index (χ1n) is 7.58. The molecule has 4 rings (SSSR count). The molecule has 4 heteroatoms. The molecule has 0 radical (unpaired) electrons. The Kier molecular flexibility index (Phi) is 3.11. The average Bonchev–Trinajstić information content (AvgIpc) is 2.52. The van der Waals surface area contributed by atoms with E-state index in [0.717, 1.165) is 44.0 Å². The van der Waals surface area contributed by atoms with E-state index in [4.69, 9.17) is 11.6 Å². The van der Waals surface area contributed by atoms with Crippen LogP contribution in [0.4, 0.5) is 5.69 Å². The van der Waals surface area contributed by atoms with Gasteiger partial charge in [0, 0.05) is 48.1 Å². The molecule has 0 unspecified atom stereocenters. The maximum atomic E-state index is 11.5. The normalized spacial score (nSPS) is 19.3. The van der Waals surface area contributed by atoms with E-state index in [-0.39, 0.29) is 0 Å². The van der Waals surface area contributed by atoms with Gasteiger partial charge in [0.2, 0.25) is 0 Å². The third-order valence-electron chi connectivity index (χ3n) is 4.80. The predicted molar refractivity (Wildman–Crippen MR) is 85.1 cm³/mol. The summed E-state index contributed by atoms with van der Waals surface area (Å²) in [5.41, 5.74) is 2.55. The molecule has 1 aromatic carbocycles. The van der Waals surface area contributed by atoms with Crippen LogP contribution in [0.2, 0.25) is 5.15 Å². The van der Waals surface area contributed by atoms with Crippen LogP contribution < -0.4 is 4.90 Å². The van der Waals surface area contributed by atoms with Gasteiger partial charge in [-0.05, 0) is 30.9 Å². The highest BCUT2D eigenvalue weighted by atomic mass is 35.5. The minimum Gasteiger partial charge on any atom is -0.368 e. The standard InChI is InChI=1S/C17H17ClN2O/c18-17-14-2-1-3-15-16(14)11(10-19-17)8-9-20(15)12-4-6-13(21)7-5-12/h1-3,10,12H,4-9H2. The smallest absolute Gasteiger partial charge is 0.136 e. The summed E-state index contributed by atoms with van der Waals surface area (Å²) in [5, 5.41) is 2.88. The molecule has 2 heterocycles. The largest absolute Gasteiger partial charge is 0.368 e. The number of benzene rings is 1. The minimum atomic E-state index is 0.411. The van der Waals surface area contributed by atoms with Crippen LogP contribution in [-0.4, -0.2) is 23.4 Å². The van der Waals surface area contributed by atoms with Crippen molar-refractivity contribution in [3.8, 4) is 0 Å². The predicted octanol–water partition coefficient (Wildman–Crippen LogP) is 3.76. The van der Waals surface area contributed by atoms with Crippen LogP contribution in [0.1, 0.15) is 31.2 Å². The summed E-state index contributed by atoms with van der Waals surface area (Å²) in [6.07, 6.45) is 6.31. The van der Waals surface area contributed by atoms with E-state index in [1.165, 1.54) is 16.6 Å². The summed E-state index contributed by atoms with van der Waals surface area (Å²) in [6.45, 7) is 1.01. The highest BCUT2D eigenvalue weighted by Gasteiger charge is 2.28. The first-order chi connectivity index (χ1) is 10.2. The van der Waals surface area contributed by atoms with Crippen molar-refractivity contribution >= 4 is 33.8 Å². The SMILES string of the molecule is O=C1CCC(N2CCc3cnc(Cl)c4cccc2c34)CC1. The van der Waals surface area contributed by atoms with Crippen molar-refractivity contribution in [3.63, 3.8) is 0 Å². The van der Waals surface area contributed by atoms with Gasteiger partial charge in [0.1, 0.15) is 10.9 Å². The number of halogens is 1. The number of aromatic nitrogens is 1. The highest BCUT2D eigenvalue weighted by molar-refractivity contribution is 6.34. The van der Waals surface area contributed by atoms with Crippen molar-refractivity contribution in [3.05, 3.63) is 35.1 Å². The van der Waals surface area contributed by atoms with Crippen LogP contribution in [0, 0.1) is 0 Å². The van der Waals surface area contributed by atoms with E-state index >= 15 is 0 Å². The molecule has 2 aromatic rings. The van der Waals surface area contributed by atoms with Crippen molar-refractivity contribution in [2.45, 2.75) is 38.1 Å². The number of rotatable bonds is 1. The van der Waals surface area contributed by atoms with Gasteiger partial charge < -0.3 is 4.90 Å². The molecule has 1 aliphatic carbocycles. The minimum absolute atomic E-state index is 0.411. The van der Waals surface area contributed by atoms with Gasteiger partial charge in [-0.25, -0.2) is 4.98 Å². The molecule has 0 N–H and O–H groups in total. The van der Waals surface area contributed by atoms with Crippen molar-refractivity contribution in [1.82, 2.24) is 4.98 Å². The molecule has 1 aromatic heterocycles. The van der Waals surface area contributed by atoms with E-state index in [0.29, 0.717) is 17.0 Å². The quantitative estimate of drug-likeness (QED) is 0.752. The highest BCUT2D eigenvalue weighted by Crippen LogP contribution is 2.39. The number of carbonyl (C=O) groups excluding carboxylic acids is 1. The van der Waals surface area contributed by atoms with Crippen molar-refractivity contribution in [2.24, 2.45) is 0 Å². The monoisotopic (exact) mass is 300 g/mol. The van der Waals surface area contributed by atoms with Gasteiger partial charge in [-0.15, -0.1) is 0 Å². The molecule has 1 aliphatic heterocycles. The van der Waals surface area contributed by atoms with Gasteiger partial charge in [-0.1, -0.05) is 23.7 Å². The van der Waals surface area contributed by atoms with Crippen LogP contribution >= 0.6 is 11.6 Å². The molecule has 21 heavy (non-hydrogen) atoms. The summed E-state index contributed by atoms with van der Waals surface area (Å²) in [6, 6.07) is 6.76. The number of carbonyl (C=O) groups is 1. The summed E-state index contributed by atoms with van der Waals surface area (Å²) in [5.74, 6) is 0.411. The Morgan fingerprint density at radius 2 is 2.00 bits per heavy atom. The maximum Gasteiger partial charge on any atom is 0.136 e. The van der Waals surface area contributed by atoms with Crippen LogP contribution in [0.3, 0.4) is 0 Å². The first kappa shape index (κ1) is 13.1. The zero-order valence-electron chi connectivity index (χ0n) is 11.8. The fourth-order valence-corrected chi connectivity index (χ4v) is 3.93. The second kappa shape index (κ2) is 4.99. The number of nitrogens with zero attached hydrogens (tertiary/aromatic N) is 2. The summed E-state index contributed by atoms with van der Waals surface area (Å²) < 4.78 is 0. The Hall–Kier alpha value is -1.61. The maximum absolute atomic E-state index is 11.5. The first-order valence-corrected chi connectivity index (χ1v) is 7.96. The Balaban J connectivity index is 1.80. The molecule has 2 aliphatic rings. The van der Waals surface area contributed by atoms with E-state index in [1.54, 1.807) is 0 Å². The van der Waals surface area contributed by atoms with Gasteiger partial charge >= 0.3 is 0 Å². The van der Waals surface area contributed by atoms with Gasteiger partial charge in [0.25, 0.3) is 0 Å². The molecule has 1 saturated carbocycles. The second-order valence-corrected chi connectivity index (χ2v) is 6.35. The fraction of sp³-hybridized carbons (Fsp3) is 0.412. The molecule has 3 nitrogen and oxygen atoms in total. The van der Waals surface area contributed by atoms with Crippen molar-refractivity contribution < 1.29 is 4.79 Å². The zero-order valence-corrected chi connectivity index (χ0v) is 12.6. The molecule has 0 amide bonds. The Bertz CT molecular complexity index is 718. The summed E-state index contributed by atoms with van der Waals surface area (Å²) >= 11 is 6.26. The summed E-state index contributed by atoms with van der Waals surface area (Å²) in [4.78, 5) is 18.3. The number of pyridine rings is 1. The van der Waals surface area contributed by atoms with Crippen LogP contribution in [0.15, 0.2) is 24.4 Å². The van der Waals surface area contributed by atoms with Crippen molar-refractivity contribution in [2.75, 3.05) is 11.4 Å². The lowest BCUT2D eigenvalue weighted by molar-refractivity contribution is -0.120. The van der Waals surface area contributed by atoms with Crippen LogP contribution in [0.5, 0.6) is 0 Å². The molecular formula is C17H17ClN2O. The molecule has 108 valence electrons. The Morgan fingerprint density at radius 1 is 1.19 bits per heavy atom. The Labute approximate surface area is 128 Å². The zero-order chi connectivity index (χ0) is 14.4. The molecule has 0 bridgehead atoms. The van der Waals surface area contributed by atoms with Gasteiger partial charge in [0.05, 0.1) is 0 Å². The van der Waals surface area contributed by atoms with Crippen LogP contribution in [-0.2, 0) is 11.2 Å². The topological polar surface area (TPSA) is 33.2 Å². The van der Waals surface area contributed by atoms with Crippen molar-refractivity contribution in [1.29, 1.82) is 0 Å². The fourth-order valence-electron chi connectivity index (χ4n) is 3.72. The number of hydrogen-bond donors (Lipinski definition) is 0. The molecule has 1 fully saturated rings. The van der Waals surface area contributed by atoms with E-state index in [2.05, 4.69) is 22.0 Å². The number of hydrogen-bond acceptors (Lipinski definition) is 3. The Morgan fingerprint density at radius 3 is 2.81 bits per heavy atom. The lowest BCUT2D eigenvalue weighted by atomic mass is 9.90. The van der Waals surface area contributed by atoms with Gasteiger partial charge in [-0.3, -0.25) is 4.79 Å². The van der Waals surface area contributed by atoms with E-state index in [1.807, 2.05) is 12.3 Å². The number of anilines is 1. The molecular weight excluding hydrogens is 284 g/mol. The number of Topliss-reactive ketones (excluding diaryl/α,β-unsaturated/α-hetero) is 1. The van der Waals surface area contributed by atoms with E-state index < -0.39 is 0 Å². The lowest BCUT2D eigenvalue weighted by Crippen LogP contribution is -2.41. The van der Waals surface area contributed by atoms with Gasteiger partial charge in [0.15, 0.2) is 0 Å². The second-order valence-electron chi connectivity index (χ2n) is 5.99. The average molecular weight is 301 g/mol.